The van der Waals surface area contributed by atoms with Gasteiger partial charge < -0.3 is 10.6 Å². The molecule has 0 aliphatic rings. The Morgan fingerprint density at radius 2 is 1.84 bits per heavy atom. The highest BCUT2D eigenvalue weighted by Crippen LogP contribution is 2.01. The van der Waals surface area contributed by atoms with Gasteiger partial charge in [-0.15, -0.1) is 0 Å². The van der Waals surface area contributed by atoms with E-state index in [2.05, 4.69) is 22.8 Å². The van der Waals surface area contributed by atoms with Crippen LogP contribution in [0.2, 0.25) is 0 Å². The van der Waals surface area contributed by atoms with E-state index in [0.29, 0.717) is 6.54 Å². The average molecular weight is 262 g/mol. The van der Waals surface area contributed by atoms with Crippen LogP contribution < -0.4 is 10.6 Å². The maximum atomic E-state index is 11.5. The molecule has 1 rings (SSSR count). The van der Waals surface area contributed by atoms with Crippen molar-refractivity contribution >= 4 is 11.8 Å². The van der Waals surface area contributed by atoms with Crippen molar-refractivity contribution in [3.05, 3.63) is 35.9 Å². The maximum absolute atomic E-state index is 11.5. The molecule has 0 saturated carbocycles. The normalized spacial score (nSPS) is 11.7. The lowest BCUT2D eigenvalue weighted by Gasteiger charge is -2.11. The summed E-state index contributed by atoms with van der Waals surface area (Å²) in [7, 11) is 0. The summed E-state index contributed by atoms with van der Waals surface area (Å²) in [5.74, 6) is -1.09. The molecule has 2 N–H and O–H groups in total. The molecule has 4 nitrogen and oxygen atoms in total. The van der Waals surface area contributed by atoms with Gasteiger partial charge >= 0.3 is 11.8 Å². The third-order valence-electron chi connectivity index (χ3n) is 2.97. The van der Waals surface area contributed by atoms with E-state index in [-0.39, 0.29) is 6.04 Å². The largest absolute Gasteiger partial charge is 0.348 e. The van der Waals surface area contributed by atoms with Gasteiger partial charge in [0.25, 0.3) is 0 Å². The fourth-order valence-electron chi connectivity index (χ4n) is 1.61. The van der Waals surface area contributed by atoms with Crippen molar-refractivity contribution in [1.82, 2.24) is 10.6 Å². The van der Waals surface area contributed by atoms with Crippen LogP contribution in [0.15, 0.2) is 30.3 Å². The van der Waals surface area contributed by atoms with Crippen LogP contribution in [0.1, 0.15) is 32.3 Å². The van der Waals surface area contributed by atoms with Crippen molar-refractivity contribution in [3.63, 3.8) is 0 Å². The molecule has 0 aliphatic carbocycles. The first kappa shape index (κ1) is 15.2. The summed E-state index contributed by atoms with van der Waals surface area (Å²) < 4.78 is 0. The van der Waals surface area contributed by atoms with E-state index in [9.17, 15) is 9.59 Å². The number of hydrogen-bond acceptors (Lipinski definition) is 2. The Hall–Kier alpha value is -1.84. The van der Waals surface area contributed by atoms with E-state index in [1.165, 1.54) is 5.56 Å². The second-order valence-electron chi connectivity index (χ2n) is 4.63. The minimum atomic E-state index is -0.548. The summed E-state index contributed by atoms with van der Waals surface area (Å²) in [6.07, 6.45) is 2.54. The molecule has 0 heterocycles. The highest BCUT2D eigenvalue weighted by molar-refractivity contribution is 6.35. The highest BCUT2D eigenvalue weighted by Gasteiger charge is 2.14. The van der Waals surface area contributed by atoms with E-state index < -0.39 is 11.8 Å². The minimum absolute atomic E-state index is 0.0302. The monoisotopic (exact) mass is 262 g/mol. The van der Waals surface area contributed by atoms with E-state index in [1.807, 2.05) is 32.0 Å². The van der Waals surface area contributed by atoms with E-state index in [0.717, 1.165) is 19.3 Å². The molecule has 0 radical (unpaired) electrons. The molecule has 0 bridgehead atoms. The lowest BCUT2D eigenvalue weighted by Crippen LogP contribution is -2.43. The topological polar surface area (TPSA) is 58.2 Å². The van der Waals surface area contributed by atoms with Gasteiger partial charge in [0, 0.05) is 12.6 Å². The van der Waals surface area contributed by atoms with Gasteiger partial charge in [0.05, 0.1) is 0 Å². The molecule has 104 valence electrons. The van der Waals surface area contributed by atoms with E-state index in [4.69, 9.17) is 0 Å². The van der Waals surface area contributed by atoms with Crippen molar-refractivity contribution in [1.29, 1.82) is 0 Å². The van der Waals surface area contributed by atoms with Crippen LogP contribution in [0.25, 0.3) is 0 Å². The predicted octanol–water partition coefficient (Wildman–Crippen LogP) is 1.65. The second-order valence-corrected chi connectivity index (χ2v) is 4.63. The first-order chi connectivity index (χ1) is 9.13. The van der Waals surface area contributed by atoms with Gasteiger partial charge in [-0.25, -0.2) is 0 Å². The Morgan fingerprint density at radius 1 is 1.16 bits per heavy atom. The Labute approximate surface area is 114 Å². The van der Waals surface area contributed by atoms with Crippen LogP contribution in [0.5, 0.6) is 0 Å². The van der Waals surface area contributed by atoms with Crippen molar-refractivity contribution in [2.24, 2.45) is 0 Å². The molecule has 1 unspecified atom stereocenters. The fraction of sp³-hybridized carbons (Fsp3) is 0.467. The Balaban J connectivity index is 2.18. The lowest BCUT2D eigenvalue weighted by molar-refractivity contribution is -0.139. The third kappa shape index (κ3) is 6.04. The van der Waals surface area contributed by atoms with Gasteiger partial charge in [-0.3, -0.25) is 9.59 Å². The smallest absolute Gasteiger partial charge is 0.309 e. The number of carbonyl (C=O) groups is 2. The van der Waals surface area contributed by atoms with Gasteiger partial charge in [0.15, 0.2) is 0 Å². The van der Waals surface area contributed by atoms with Crippen LogP contribution in [-0.4, -0.2) is 24.4 Å². The molecule has 2 amide bonds. The summed E-state index contributed by atoms with van der Waals surface area (Å²) in [4.78, 5) is 22.9. The molecule has 4 heteroatoms. The van der Waals surface area contributed by atoms with Gasteiger partial charge in [-0.1, -0.05) is 37.3 Å². The van der Waals surface area contributed by atoms with Crippen molar-refractivity contribution in [2.75, 3.05) is 6.54 Å². The molecule has 1 aromatic carbocycles. The first-order valence-electron chi connectivity index (χ1n) is 6.76. The zero-order valence-electron chi connectivity index (χ0n) is 11.6. The molecule has 1 aromatic rings. The van der Waals surface area contributed by atoms with Crippen LogP contribution in [0.3, 0.4) is 0 Å². The molecule has 0 fully saturated rings. The van der Waals surface area contributed by atoms with E-state index >= 15 is 0 Å². The quantitative estimate of drug-likeness (QED) is 0.605. The molecule has 1 atom stereocenters. The van der Waals surface area contributed by atoms with Crippen LogP contribution in [0, 0.1) is 0 Å². The average Bonchev–Trinajstić information content (AvgIpc) is 2.44. The molecular weight excluding hydrogens is 240 g/mol. The third-order valence-corrected chi connectivity index (χ3v) is 2.97. The van der Waals surface area contributed by atoms with Crippen molar-refractivity contribution in [3.8, 4) is 0 Å². The second kappa shape index (κ2) is 8.29. The number of carbonyl (C=O) groups excluding carboxylic acids is 2. The fourth-order valence-corrected chi connectivity index (χ4v) is 1.61. The van der Waals surface area contributed by atoms with Crippen LogP contribution in [-0.2, 0) is 16.0 Å². The first-order valence-corrected chi connectivity index (χ1v) is 6.76. The number of benzene rings is 1. The summed E-state index contributed by atoms with van der Waals surface area (Å²) in [6, 6.07) is 10.1. The Kier molecular flexibility index (Phi) is 6.64. The number of rotatable bonds is 6. The summed E-state index contributed by atoms with van der Waals surface area (Å²) in [5, 5.41) is 5.27. The van der Waals surface area contributed by atoms with Gasteiger partial charge in [0.1, 0.15) is 0 Å². The van der Waals surface area contributed by atoms with Crippen LogP contribution in [0.4, 0.5) is 0 Å². The molecular formula is C15H22N2O2. The summed E-state index contributed by atoms with van der Waals surface area (Å²) in [5.41, 5.74) is 1.24. The van der Waals surface area contributed by atoms with Crippen LogP contribution >= 0.6 is 0 Å². The standard InChI is InChI=1S/C15H22N2O2/c1-3-12(2)17-15(19)14(18)16-11-7-10-13-8-5-4-6-9-13/h4-6,8-9,12H,3,7,10-11H2,1-2H3,(H,16,18)(H,17,19). The zero-order chi connectivity index (χ0) is 14.1. The Bertz CT molecular complexity index is 404. The SMILES string of the molecule is CCC(C)NC(=O)C(=O)NCCCc1ccccc1. The Morgan fingerprint density at radius 3 is 2.47 bits per heavy atom. The van der Waals surface area contributed by atoms with Gasteiger partial charge in [-0.2, -0.15) is 0 Å². The molecule has 0 aliphatic heterocycles. The molecule has 0 spiro atoms. The van der Waals surface area contributed by atoms with Gasteiger partial charge in [-0.05, 0) is 31.7 Å². The lowest BCUT2D eigenvalue weighted by atomic mass is 10.1. The predicted molar refractivity (Wildman–Crippen MR) is 75.7 cm³/mol. The summed E-state index contributed by atoms with van der Waals surface area (Å²) >= 11 is 0. The molecule has 19 heavy (non-hydrogen) atoms. The maximum Gasteiger partial charge on any atom is 0.309 e. The number of amides is 2. The highest BCUT2D eigenvalue weighted by atomic mass is 16.2. The van der Waals surface area contributed by atoms with E-state index in [1.54, 1.807) is 0 Å². The summed E-state index contributed by atoms with van der Waals surface area (Å²) in [6.45, 7) is 4.35. The van der Waals surface area contributed by atoms with Crippen molar-refractivity contribution < 1.29 is 9.59 Å². The molecule has 0 saturated heterocycles. The number of aryl methyl sites for hydroxylation is 1. The molecule has 0 aromatic heterocycles. The number of hydrogen-bond donors (Lipinski definition) is 2. The van der Waals surface area contributed by atoms with Crippen molar-refractivity contribution in [2.45, 2.75) is 39.2 Å². The minimum Gasteiger partial charge on any atom is -0.348 e. The van der Waals surface area contributed by atoms with Gasteiger partial charge in [0.2, 0.25) is 0 Å². The zero-order valence-corrected chi connectivity index (χ0v) is 11.6. The number of nitrogens with one attached hydrogen (secondary N) is 2.